The molecular formula is C15H22BrNO. The normalized spacial score (nSPS) is 17.1. The minimum Gasteiger partial charge on any atom is -0.496 e. The zero-order valence-corrected chi connectivity index (χ0v) is 12.9. The molecule has 0 amide bonds. The van der Waals surface area contributed by atoms with Crippen molar-refractivity contribution in [3.05, 3.63) is 28.2 Å². The van der Waals surface area contributed by atoms with Crippen LogP contribution in [0.1, 0.15) is 37.7 Å². The number of ether oxygens (including phenoxy) is 1. The molecule has 0 unspecified atom stereocenters. The van der Waals surface area contributed by atoms with E-state index in [1.807, 2.05) is 12.1 Å². The summed E-state index contributed by atoms with van der Waals surface area (Å²) in [6.45, 7) is 0.966. The van der Waals surface area contributed by atoms with Crippen molar-refractivity contribution < 1.29 is 4.74 Å². The zero-order chi connectivity index (χ0) is 13.0. The van der Waals surface area contributed by atoms with Crippen LogP contribution in [0.3, 0.4) is 0 Å². The van der Waals surface area contributed by atoms with E-state index >= 15 is 0 Å². The Bertz CT molecular complexity index is 388. The lowest BCUT2D eigenvalue weighted by Gasteiger charge is -2.31. The molecule has 0 spiro atoms. The average molecular weight is 312 g/mol. The molecule has 0 aliphatic heterocycles. The molecule has 1 aromatic carbocycles. The van der Waals surface area contributed by atoms with Gasteiger partial charge in [-0.15, -0.1) is 0 Å². The molecule has 1 aliphatic rings. The van der Waals surface area contributed by atoms with Crippen molar-refractivity contribution in [2.75, 3.05) is 14.2 Å². The van der Waals surface area contributed by atoms with Crippen molar-refractivity contribution in [3.63, 3.8) is 0 Å². The van der Waals surface area contributed by atoms with Crippen molar-refractivity contribution in [2.45, 2.75) is 44.7 Å². The van der Waals surface area contributed by atoms with Crippen LogP contribution in [0.4, 0.5) is 0 Å². The van der Waals surface area contributed by atoms with Crippen LogP contribution in [0, 0.1) is 0 Å². The molecule has 0 N–H and O–H groups in total. The van der Waals surface area contributed by atoms with Gasteiger partial charge in [0.15, 0.2) is 0 Å². The molecule has 18 heavy (non-hydrogen) atoms. The predicted octanol–water partition coefficient (Wildman–Crippen LogP) is 4.22. The highest BCUT2D eigenvalue weighted by molar-refractivity contribution is 9.10. The highest BCUT2D eigenvalue weighted by Gasteiger charge is 2.19. The number of hydrogen-bond donors (Lipinski definition) is 0. The first kappa shape index (κ1) is 13.9. The van der Waals surface area contributed by atoms with Crippen LogP contribution in [-0.2, 0) is 6.54 Å². The van der Waals surface area contributed by atoms with Crippen molar-refractivity contribution in [1.82, 2.24) is 4.90 Å². The van der Waals surface area contributed by atoms with Crippen LogP contribution in [0.25, 0.3) is 0 Å². The molecule has 1 saturated carbocycles. The largest absolute Gasteiger partial charge is 0.496 e. The number of rotatable bonds is 4. The second-order valence-electron chi connectivity index (χ2n) is 5.16. The second-order valence-corrected chi connectivity index (χ2v) is 6.08. The van der Waals surface area contributed by atoms with E-state index in [1.54, 1.807) is 7.11 Å². The summed E-state index contributed by atoms with van der Waals surface area (Å²) in [6, 6.07) is 6.97. The van der Waals surface area contributed by atoms with Crippen molar-refractivity contribution in [3.8, 4) is 5.75 Å². The Hall–Kier alpha value is -0.540. The molecule has 0 radical (unpaired) electrons. The summed E-state index contributed by atoms with van der Waals surface area (Å²) in [5, 5.41) is 0. The van der Waals surface area contributed by atoms with Gasteiger partial charge in [0.2, 0.25) is 0 Å². The van der Waals surface area contributed by atoms with Gasteiger partial charge >= 0.3 is 0 Å². The van der Waals surface area contributed by atoms with Gasteiger partial charge in [0, 0.05) is 22.6 Å². The van der Waals surface area contributed by atoms with Crippen molar-refractivity contribution in [2.24, 2.45) is 0 Å². The fourth-order valence-electron chi connectivity index (χ4n) is 2.79. The molecule has 1 aliphatic carbocycles. The Kier molecular flexibility index (Phi) is 5.07. The topological polar surface area (TPSA) is 12.5 Å². The van der Waals surface area contributed by atoms with Crippen molar-refractivity contribution >= 4 is 15.9 Å². The van der Waals surface area contributed by atoms with E-state index in [4.69, 9.17) is 4.74 Å². The maximum absolute atomic E-state index is 5.44. The third-order valence-corrected chi connectivity index (χ3v) is 4.35. The van der Waals surface area contributed by atoms with E-state index in [1.165, 1.54) is 37.7 Å². The van der Waals surface area contributed by atoms with Crippen molar-refractivity contribution in [1.29, 1.82) is 0 Å². The fraction of sp³-hybridized carbons (Fsp3) is 0.600. The summed E-state index contributed by atoms with van der Waals surface area (Å²) in [4.78, 5) is 2.48. The van der Waals surface area contributed by atoms with E-state index in [9.17, 15) is 0 Å². The van der Waals surface area contributed by atoms with Crippen LogP contribution in [0.15, 0.2) is 22.7 Å². The smallest absolute Gasteiger partial charge is 0.123 e. The summed E-state index contributed by atoms with van der Waals surface area (Å²) in [7, 11) is 3.98. The van der Waals surface area contributed by atoms with E-state index < -0.39 is 0 Å². The molecule has 3 heteroatoms. The van der Waals surface area contributed by atoms with Crippen LogP contribution in [0.5, 0.6) is 5.75 Å². The lowest BCUT2D eigenvalue weighted by molar-refractivity contribution is 0.183. The Morgan fingerprint density at radius 2 is 2.00 bits per heavy atom. The summed E-state index contributed by atoms with van der Waals surface area (Å²) in [5.41, 5.74) is 1.26. The molecule has 0 aromatic heterocycles. The van der Waals surface area contributed by atoms with Crippen LogP contribution in [-0.4, -0.2) is 25.1 Å². The first-order valence-electron chi connectivity index (χ1n) is 6.73. The molecule has 100 valence electrons. The number of nitrogens with zero attached hydrogens (tertiary/aromatic N) is 1. The Labute approximate surface area is 118 Å². The van der Waals surface area contributed by atoms with Gasteiger partial charge in [-0.2, -0.15) is 0 Å². The van der Waals surface area contributed by atoms with Gasteiger partial charge in [0.05, 0.1) is 7.11 Å². The Morgan fingerprint density at radius 3 is 2.67 bits per heavy atom. The maximum Gasteiger partial charge on any atom is 0.123 e. The molecule has 1 fully saturated rings. The van der Waals surface area contributed by atoms with E-state index in [2.05, 4.69) is 33.9 Å². The quantitative estimate of drug-likeness (QED) is 0.825. The number of hydrogen-bond acceptors (Lipinski definition) is 2. The predicted molar refractivity (Wildman–Crippen MR) is 79.0 cm³/mol. The van der Waals surface area contributed by atoms with Crippen LogP contribution >= 0.6 is 15.9 Å². The van der Waals surface area contributed by atoms with E-state index in [0.717, 1.165) is 22.8 Å². The highest BCUT2D eigenvalue weighted by Crippen LogP contribution is 2.27. The second kappa shape index (κ2) is 6.58. The fourth-order valence-corrected chi connectivity index (χ4v) is 3.20. The van der Waals surface area contributed by atoms with E-state index in [-0.39, 0.29) is 0 Å². The average Bonchev–Trinajstić information content (AvgIpc) is 2.40. The standard InChI is InChI=1S/C15H22BrNO/c1-17(14-6-4-3-5-7-14)11-12-10-13(16)8-9-15(12)18-2/h8-10,14H,3-7,11H2,1-2H3. The third-order valence-electron chi connectivity index (χ3n) is 3.86. The van der Waals surface area contributed by atoms with E-state index in [0.29, 0.717) is 0 Å². The number of benzene rings is 1. The summed E-state index contributed by atoms with van der Waals surface area (Å²) >= 11 is 3.54. The molecular weight excluding hydrogens is 290 g/mol. The minimum atomic E-state index is 0.738. The SMILES string of the molecule is COc1ccc(Br)cc1CN(C)C1CCCCC1. The molecule has 0 saturated heterocycles. The summed E-state index contributed by atoms with van der Waals surface area (Å²) in [6.07, 6.45) is 6.85. The minimum absolute atomic E-state index is 0.738. The lowest BCUT2D eigenvalue weighted by Crippen LogP contribution is -2.32. The highest BCUT2D eigenvalue weighted by atomic mass is 79.9. The lowest BCUT2D eigenvalue weighted by atomic mass is 9.94. The summed E-state index contributed by atoms with van der Waals surface area (Å²) < 4.78 is 6.56. The first-order valence-corrected chi connectivity index (χ1v) is 7.52. The summed E-state index contributed by atoms with van der Waals surface area (Å²) in [5.74, 6) is 0.987. The molecule has 2 nitrogen and oxygen atoms in total. The first-order chi connectivity index (χ1) is 8.70. The molecule has 2 rings (SSSR count). The van der Waals surface area contributed by atoms with Crippen LogP contribution < -0.4 is 4.74 Å². The van der Waals surface area contributed by atoms with Crippen LogP contribution in [0.2, 0.25) is 0 Å². The Balaban J connectivity index is 2.05. The van der Waals surface area contributed by atoms with Gasteiger partial charge in [-0.3, -0.25) is 4.90 Å². The number of halogens is 1. The third kappa shape index (κ3) is 3.48. The maximum atomic E-state index is 5.44. The molecule has 0 heterocycles. The van der Waals surface area contributed by atoms with Gasteiger partial charge < -0.3 is 4.74 Å². The Morgan fingerprint density at radius 1 is 1.28 bits per heavy atom. The molecule has 0 atom stereocenters. The van der Waals surface area contributed by atoms with Gasteiger partial charge in [-0.25, -0.2) is 0 Å². The van der Waals surface area contributed by atoms with Gasteiger partial charge in [0.1, 0.15) is 5.75 Å². The van der Waals surface area contributed by atoms with Gasteiger partial charge in [0.25, 0.3) is 0 Å². The van der Waals surface area contributed by atoms with Gasteiger partial charge in [-0.05, 0) is 38.1 Å². The molecule has 1 aromatic rings. The monoisotopic (exact) mass is 311 g/mol. The van der Waals surface area contributed by atoms with Gasteiger partial charge in [-0.1, -0.05) is 35.2 Å². The molecule has 0 bridgehead atoms. The number of methoxy groups -OCH3 is 1. The zero-order valence-electron chi connectivity index (χ0n) is 11.3.